The van der Waals surface area contributed by atoms with Crippen molar-refractivity contribution in [3.05, 3.63) is 59.7 Å². The molecule has 0 saturated heterocycles. The van der Waals surface area contributed by atoms with E-state index >= 15 is 0 Å². The van der Waals surface area contributed by atoms with Crippen molar-refractivity contribution in [3.8, 4) is 0 Å². The highest BCUT2D eigenvalue weighted by atomic mass is 32.2. The van der Waals surface area contributed by atoms with Crippen molar-refractivity contribution < 1.29 is 13.2 Å². The molecule has 0 saturated carbocycles. The minimum Gasteiger partial charge on any atom is -0.326 e. The first-order valence-electron chi connectivity index (χ1n) is 9.72. The van der Waals surface area contributed by atoms with Crippen LogP contribution in [0.5, 0.6) is 0 Å². The molecule has 28 heavy (non-hydrogen) atoms. The molecular formula is C22H30N2O3S. The van der Waals surface area contributed by atoms with Crippen LogP contribution < -0.4 is 10.0 Å². The topological polar surface area (TPSA) is 75.3 Å². The molecule has 0 aromatic heterocycles. The minimum atomic E-state index is -3.50. The molecule has 152 valence electrons. The summed E-state index contributed by atoms with van der Waals surface area (Å²) >= 11 is 0. The van der Waals surface area contributed by atoms with E-state index in [1.165, 1.54) is 17.7 Å². The molecule has 1 amide bonds. The van der Waals surface area contributed by atoms with Crippen LogP contribution in [0.15, 0.2) is 53.4 Å². The fourth-order valence-electron chi connectivity index (χ4n) is 2.85. The fourth-order valence-corrected chi connectivity index (χ4v) is 3.99. The van der Waals surface area contributed by atoms with Crippen LogP contribution in [0.1, 0.15) is 51.2 Å². The number of hydrogen-bond donors (Lipinski definition) is 2. The summed E-state index contributed by atoms with van der Waals surface area (Å²) in [5.41, 5.74) is 2.79. The summed E-state index contributed by atoms with van der Waals surface area (Å²) in [6.45, 7) is 8.52. The fraction of sp³-hybridized carbons (Fsp3) is 0.409. The quantitative estimate of drug-likeness (QED) is 0.656. The third-order valence-corrected chi connectivity index (χ3v) is 5.97. The molecule has 2 rings (SSSR count). The van der Waals surface area contributed by atoms with E-state index in [4.69, 9.17) is 0 Å². The molecule has 6 heteroatoms. The molecule has 5 nitrogen and oxygen atoms in total. The maximum absolute atomic E-state index is 12.6. The van der Waals surface area contributed by atoms with Gasteiger partial charge in [0.05, 0.1) is 10.8 Å². The van der Waals surface area contributed by atoms with E-state index < -0.39 is 10.0 Å². The number of rotatable bonds is 9. The van der Waals surface area contributed by atoms with Gasteiger partial charge in [-0.25, -0.2) is 13.1 Å². The predicted octanol–water partition coefficient (Wildman–Crippen LogP) is 4.32. The Morgan fingerprint density at radius 3 is 2.11 bits per heavy atom. The highest BCUT2D eigenvalue weighted by Gasteiger charge is 2.17. The molecule has 0 fully saturated rings. The molecule has 2 aromatic carbocycles. The van der Waals surface area contributed by atoms with E-state index in [1.54, 1.807) is 12.1 Å². The number of carbonyl (C=O) groups excluding carboxylic acids is 1. The van der Waals surface area contributed by atoms with Crippen molar-refractivity contribution in [2.24, 2.45) is 5.92 Å². The summed E-state index contributed by atoms with van der Waals surface area (Å²) < 4.78 is 26.8. The Labute approximate surface area is 168 Å². The van der Waals surface area contributed by atoms with Crippen LogP contribution in [0.25, 0.3) is 0 Å². The predicted molar refractivity (Wildman–Crippen MR) is 114 cm³/mol. The third-order valence-electron chi connectivity index (χ3n) is 4.49. The summed E-state index contributed by atoms with van der Waals surface area (Å²) in [7, 11) is -3.50. The lowest BCUT2D eigenvalue weighted by Gasteiger charge is -2.14. The third kappa shape index (κ3) is 6.17. The van der Waals surface area contributed by atoms with Gasteiger partial charge in [0.2, 0.25) is 15.9 Å². The van der Waals surface area contributed by atoms with Gasteiger partial charge in [-0.15, -0.1) is 0 Å². The zero-order valence-corrected chi connectivity index (χ0v) is 17.8. The number of hydrogen-bond acceptors (Lipinski definition) is 3. The Morgan fingerprint density at radius 2 is 1.57 bits per heavy atom. The molecule has 1 atom stereocenters. The second-order valence-corrected chi connectivity index (χ2v) is 9.24. The monoisotopic (exact) mass is 402 g/mol. The molecule has 0 spiro atoms. The van der Waals surface area contributed by atoms with E-state index in [2.05, 4.69) is 36.0 Å². The summed E-state index contributed by atoms with van der Waals surface area (Å²) in [4.78, 5) is 12.7. The number of amides is 1. The lowest BCUT2D eigenvalue weighted by atomic mass is 9.96. The Bertz CT molecular complexity index is 873. The molecule has 0 aliphatic carbocycles. The van der Waals surface area contributed by atoms with Crippen molar-refractivity contribution in [1.29, 1.82) is 0 Å². The normalized spacial score (nSPS) is 12.8. The minimum absolute atomic E-state index is 0.128. The van der Waals surface area contributed by atoms with Crippen LogP contribution in [0.3, 0.4) is 0 Å². The largest absolute Gasteiger partial charge is 0.326 e. The van der Waals surface area contributed by atoms with Gasteiger partial charge in [0.25, 0.3) is 0 Å². The summed E-state index contributed by atoms with van der Waals surface area (Å²) in [6, 6.07) is 14.4. The van der Waals surface area contributed by atoms with Gasteiger partial charge < -0.3 is 5.32 Å². The first kappa shape index (κ1) is 22.1. The van der Waals surface area contributed by atoms with Crippen LogP contribution in [-0.4, -0.2) is 20.9 Å². The maximum atomic E-state index is 12.6. The maximum Gasteiger partial charge on any atom is 0.240 e. The first-order valence-corrected chi connectivity index (χ1v) is 11.2. The van der Waals surface area contributed by atoms with Crippen LogP contribution in [-0.2, 0) is 21.2 Å². The zero-order chi connectivity index (χ0) is 20.7. The van der Waals surface area contributed by atoms with E-state index in [-0.39, 0.29) is 16.7 Å². The SMILES string of the molecule is CCCNS(=O)(=O)c1ccc(NC(=O)C(C)c2ccc(CC(C)C)cc2)cc1. The van der Waals surface area contributed by atoms with Crippen molar-refractivity contribution >= 4 is 21.6 Å². The zero-order valence-electron chi connectivity index (χ0n) is 17.0. The van der Waals surface area contributed by atoms with E-state index in [0.717, 1.165) is 18.4 Å². The number of nitrogens with one attached hydrogen (secondary N) is 2. The van der Waals surface area contributed by atoms with Crippen molar-refractivity contribution in [2.75, 3.05) is 11.9 Å². The highest BCUT2D eigenvalue weighted by Crippen LogP contribution is 2.20. The van der Waals surface area contributed by atoms with E-state index in [1.807, 2.05) is 26.0 Å². The highest BCUT2D eigenvalue weighted by molar-refractivity contribution is 7.89. The van der Waals surface area contributed by atoms with Gasteiger partial charge in [-0.1, -0.05) is 45.0 Å². The molecular weight excluding hydrogens is 372 g/mol. The molecule has 0 aliphatic rings. The molecule has 0 heterocycles. The average molecular weight is 403 g/mol. The van der Waals surface area contributed by atoms with Gasteiger partial charge in [0, 0.05) is 12.2 Å². The molecule has 2 aromatic rings. The summed E-state index contributed by atoms with van der Waals surface area (Å²) in [6.07, 6.45) is 1.74. The number of sulfonamides is 1. The van der Waals surface area contributed by atoms with Crippen LogP contribution in [0.4, 0.5) is 5.69 Å². The van der Waals surface area contributed by atoms with Crippen LogP contribution >= 0.6 is 0 Å². The van der Waals surface area contributed by atoms with Gasteiger partial charge in [0.1, 0.15) is 0 Å². The molecule has 0 bridgehead atoms. The second kappa shape index (κ2) is 9.85. The molecule has 2 N–H and O–H groups in total. The Hall–Kier alpha value is -2.18. The number of carbonyl (C=O) groups is 1. The molecule has 0 radical (unpaired) electrons. The Kier molecular flexibility index (Phi) is 7.78. The average Bonchev–Trinajstić information content (AvgIpc) is 2.66. The van der Waals surface area contributed by atoms with E-state index in [0.29, 0.717) is 18.2 Å². The first-order chi connectivity index (χ1) is 13.2. The van der Waals surface area contributed by atoms with Crippen LogP contribution in [0.2, 0.25) is 0 Å². The van der Waals surface area contributed by atoms with Crippen molar-refractivity contribution in [1.82, 2.24) is 4.72 Å². The van der Waals surface area contributed by atoms with Gasteiger partial charge in [-0.05, 0) is 61.1 Å². The Balaban J connectivity index is 2.02. The van der Waals surface area contributed by atoms with Crippen molar-refractivity contribution in [3.63, 3.8) is 0 Å². The van der Waals surface area contributed by atoms with Crippen molar-refractivity contribution in [2.45, 2.75) is 51.3 Å². The lowest BCUT2D eigenvalue weighted by molar-refractivity contribution is -0.117. The Morgan fingerprint density at radius 1 is 0.964 bits per heavy atom. The van der Waals surface area contributed by atoms with Gasteiger partial charge >= 0.3 is 0 Å². The second-order valence-electron chi connectivity index (χ2n) is 7.47. The standard InChI is InChI=1S/C22H30N2O3S/c1-5-14-23-28(26,27)21-12-10-20(11-13-21)24-22(25)17(4)19-8-6-18(7-9-19)15-16(2)3/h6-13,16-17,23H,5,14-15H2,1-4H3,(H,24,25). The van der Waals surface area contributed by atoms with Crippen LogP contribution in [0, 0.1) is 5.92 Å². The van der Waals surface area contributed by atoms with Gasteiger partial charge in [-0.3, -0.25) is 4.79 Å². The summed E-state index contributed by atoms with van der Waals surface area (Å²) in [5, 5.41) is 2.85. The van der Waals surface area contributed by atoms with Gasteiger partial charge in [0.15, 0.2) is 0 Å². The number of anilines is 1. The number of benzene rings is 2. The lowest BCUT2D eigenvalue weighted by Crippen LogP contribution is -2.24. The molecule has 1 unspecified atom stereocenters. The summed E-state index contributed by atoms with van der Waals surface area (Å²) in [5.74, 6) is 0.162. The van der Waals surface area contributed by atoms with Gasteiger partial charge in [-0.2, -0.15) is 0 Å². The smallest absolute Gasteiger partial charge is 0.240 e. The van der Waals surface area contributed by atoms with E-state index in [9.17, 15) is 13.2 Å². The molecule has 0 aliphatic heterocycles.